The topological polar surface area (TPSA) is 35.5 Å². The quantitative estimate of drug-likeness (QED) is 0.800. The third-order valence-corrected chi connectivity index (χ3v) is 6.85. The smallest absolute Gasteiger partial charge is 0.146 e. The van der Waals surface area contributed by atoms with E-state index in [2.05, 4.69) is 39.8 Å². The van der Waals surface area contributed by atoms with Gasteiger partial charge in [0, 0.05) is 6.42 Å². The van der Waals surface area contributed by atoms with Crippen molar-refractivity contribution in [3.8, 4) is 5.75 Å². The standard InChI is InChI=1S/C21H28O3/c1-12(2)13-8-14-15(9-16(13)23-5)21-11-24-17(14)10-18(21)20(3,4)7-6-19(21)22/h8-9,12,17-18H,6-7,10-11H2,1-5H3/t17-,18?,21?/m1/s1. The lowest BCUT2D eigenvalue weighted by atomic mass is 9.47. The molecule has 0 amide bonds. The van der Waals surface area contributed by atoms with Gasteiger partial charge in [0.25, 0.3) is 0 Å². The molecule has 130 valence electrons. The largest absolute Gasteiger partial charge is 0.496 e. The third-order valence-electron chi connectivity index (χ3n) is 6.85. The molecule has 2 bridgehead atoms. The number of hydrogen-bond acceptors (Lipinski definition) is 3. The molecule has 4 aliphatic rings. The second kappa shape index (κ2) is 5.08. The molecule has 1 aromatic rings. The van der Waals surface area contributed by atoms with Crippen LogP contribution in [0.2, 0.25) is 0 Å². The number of benzene rings is 1. The van der Waals surface area contributed by atoms with Gasteiger partial charge in [-0.25, -0.2) is 0 Å². The highest BCUT2D eigenvalue weighted by Crippen LogP contribution is 2.62. The van der Waals surface area contributed by atoms with Crippen molar-refractivity contribution in [3.63, 3.8) is 0 Å². The Balaban J connectivity index is 1.96. The van der Waals surface area contributed by atoms with Gasteiger partial charge in [-0.15, -0.1) is 0 Å². The summed E-state index contributed by atoms with van der Waals surface area (Å²) in [5.74, 6) is 2.04. The fourth-order valence-corrected chi connectivity index (χ4v) is 5.44. The van der Waals surface area contributed by atoms with Crippen molar-refractivity contribution >= 4 is 5.78 Å². The summed E-state index contributed by atoms with van der Waals surface area (Å²) in [7, 11) is 1.73. The van der Waals surface area contributed by atoms with Crippen LogP contribution < -0.4 is 4.74 Å². The Morgan fingerprint density at radius 1 is 1.29 bits per heavy atom. The van der Waals surface area contributed by atoms with Crippen LogP contribution in [0.15, 0.2) is 12.1 Å². The Hall–Kier alpha value is -1.35. The van der Waals surface area contributed by atoms with Crippen molar-refractivity contribution in [1.29, 1.82) is 0 Å². The Bertz CT molecular complexity index is 703. The van der Waals surface area contributed by atoms with Crippen LogP contribution in [0.1, 0.15) is 75.7 Å². The van der Waals surface area contributed by atoms with E-state index in [0.29, 0.717) is 30.6 Å². The molecule has 0 aromatic heterocycles. The van der Waals surface area contributed by atoms with Crippen LogP contribution in [-0.2, 0) is 14.9 Å². The monoisotopic (exact) mass is 328 g/mol. The summed E-state index contributed by atoms with van der Waals surface area (Å²) >= 11 is 0. The van der Waals surface area contributed by atoms with E-state index in [1.807, 2.05) is 0 Å². The minimum atomic E-state index is -0.464. The molecule has 3 nitrogen and oxygen atoms in total. The second-order valence-corrected chi connectivity index (χ2v) is 8.81. The zero-order valence-corrected chi connectivity index (χ0v) is 15.4. The predicted molar refractivity (Wildman–Crippen MR) is 93.6 cm³/mol. The highest BCUT2D eigenvalue weighted by atomic mass is 16.5. The molecule has 2 unspecified atom stereocenters. The van der Waals surface area contributed by atoms with Crippen LogP contribution in [0.25, 0.3) is 0 Å². The van der Waals surface area contributed by atoms with Crippen LogP contribution in [0.3, 0.4) is 0 Å². The van der Waals surface area contributed by atoms with Crippen molar-refractivity contribution in [2.24, 2.45) is 11.3 Å². The van der Waals surface area contributed by atoms with Crippen molar-refractivity contribution < 1.29 is 14.3 Å². The fourth-order valence-electron chi connectivity index (χ4n) is 5.44. The average molecular weight is 328 g/mol. The highest BCUT2D eigenvalue weighted by Gasteiger charge is 2.62. The summed E-state index contributed by atoms with van der Waals surface area (Å²) in [6.07, 6.45) is 2.74. The summed E-state index contributed by atoms with van der Waals surface area (Å²) in [6.45, 7) is 9.56. The van der Waals surface area contributed by atoms with Crippen LogP contribution in [0.5, 0.6) is 5.75 Å². The molecule has 1 aromatic carbocycles. The van der Waals surface area contributed by atoms with Gasteiger partial charge in [0.05, 0.1) is 25.2 Å². The number of hydrogen-bond donors (Lipinski definition) is 0. The van der Waals surface area contributed by atoms with Gasteiger partial charge in [-0.1, -0.05) is 27.7 Å². The molecule has 24 heavy (non-hydrogen) atoms. The number of rotatable bonds is 2. The van der Waals surface area contributed by atoms with E-state index in [1.54, 1.807) is 7.11 Å². The highest BCUT2D eigenvalue weighted by molar-refractivity contribution is 5.93. The molecule has 2 aliphatic heterocycles. The normalized spacial score (nSPS) is 33.3. The first-order valence-corrected chi connectivity index (χ1v) is 9.18. The zero-order valence-electron chi connectivity index (χ0n) is 15.4. The molecule has 0 radical (unpaired) electrons. The first-order valence-electron chi connectivity index (χ1n) is 9.18. The molecular weight excluding hydrogens is 300 g/mol. The maximum Gasteiger partial charge on any atom is 0.146 e. The van der Waals surface area contributed by atoms with Gasteiger partial charge in [0.2, 0.25) is 0 Å². The van der Waals surface area contributed by atoms with Gasteiger partial charge < -0.3 is 9.47 Å². The van der Waals surface area contributed by atoms with Crippen LogP contribution in [0.4, 0.5) is 0 Å². The van der Waals surface area contributed by atoms with Crippen molar-refractivity contribution in [2.75, 3.05) is 13.7 Å². The average Bonchev–Trinajstić information content (AvgIpc) is 2.57. The third kappa shape index (κ3) is 1.91. The number of fused-ring (bicyclic) bond motifs is 1. The minimum Gasteiger partial charge on any atom is -0.496 e. The number of methoxy groups -OCH3 is 1. The van der Waals surface area contributed by atoms with Gasteiger partial charge in [-0.2, -0.15) is 0 Å². The molecule has 1 spiro atoms. The Morgan fingerprint density at radius 2 is 2.04 bits per heavy atom. The molecule has 1 saturated heterocycles. The van der Waals surface area contributed by atoms with E-state index in [1.165, 1.54) is 16.7 Å². The molecule has 2 heterocycles. The van der Waals surface area contributed by atoms with Gasteiger partial charge >= 0.3 is 0 Å². The lowest BCUT2D eigenvalue weighted by molar-refractivity contribution is -0.162. The van der Waals surface area contributed by atoms with E-state index in [-0.39, 0.29) is 11.5 Å². The van der Waals surface area contributed by atoms with E-state index >= 15 is 0 Å². The van der Waals surface area contributed by atoms with Crippen molar-refractivity contribution in [2.45, 2.75) is 64.4 Å². The maximum atomic E-state index is 13.2. The summed E-state index contributed by atoms with van der Waals surface area (Å²) < 4.78 is 11.9. The molecule has 3 heteroatoms. The van der Waals surface area contributed by atoms with Crippen LogP contribution in [0, 0.1) is 11.3 Å². The molecule has 5 rings (SSSR count). The number of carbonyl (C=O) groups excluding carboxylic acids is 1. The number of ketones is 1. The molecule has 2 aliphatic carbocycles. The predicted octanol–water partition coefficient (Wildman–Crippen LogP) is 4.54. The molecule has 2 fully saturated rings. The summed E-state index contributed by atoms with van der Waals surface area (Å²) in [6, 6.07) is 4.40. The number of Topliss-reactive ketones (excluding diaryl/α,β-unsaturated/α-hetero) is 1. The van der Waals surface area contributed by atoms with E-state index in [0.717, 1.165) is 18.6 Å². The SMILES string of the molecule is COc1cc2c(cc1C(C)C)[C@H]1CC3C(C)(C)CCC(=O)C23CO1. The summed E-state index contributed by atoms with van der Waals surface area (Å²) in [5.41, 5.74) is 3.34. The second-order valence-electron chi connectivity index (χ2n) is 8.81. The molecular formula is C21H28O3. The lowest BCUT2D eigenvalue weighted by Gasteiger charge is -2.59. The fraction of sp³-hybridized carbons (Fsp3) is 0.667. The number of ether oxygens (including phenoxy) is 2. The van der Waals surface area contributed by atoms with E-state index in [9.17, 15) is 4.79 Å². The van der Waals surface area contributed by atoms with Crippen LogP contribution in [-0.4, -0.2) is 19.5 Å². The Labute approximate surface area is 144 Å². The molecule has 0 N–H and O–H groups in total. The zero-order chi connectivity index (χ0) is 17.3. The summed E-state index contributed by atoms with van der Waals surface area (Å²) in [4.78, 5) is 13.2. The Kier molecular flexibility index (Phi) is 3.41. The molecule has 3 atom stereocenters. The van der Waals surface area contributed by atoms with E-state index < -0.39 is 5.41 Å². The Morgan fingerprint density at radius 3 is 2.71 bits per heavy atom. The number of carbonyl (C=O) groups is 1. The molecule has 1 saturated carbocycles. The van der Waals surface area contributed by atoms with Gasteiger partial charge in [-0.05, 0) is 58.9 Å². The van der Waals surface area contributed by atoms with Crippen molar-refractivity contribution in [1.82, 2.24) is 0 Å². The lowest BCUT2D eigenvalue weighted by Crippen LogP contribution is -2.61. The van der Waals surface area contributed by atoms with Crippen molar-refractivity contribution in [3.05, 3.63) is 28.8 Å². The summed E-state index contributed by atoms with van der Waals surface area (Å²) in [5, 5.41) is 0. The van der Waals surface area contributed by atoms with Gasteiger partial charge in [-0.3, -0.25) is 4.79 Å². The van der Waals surface area contributed by atoms with E-state index in [4.69, 9.17) is 9.47 Å². The first-order chi connectivity index (χ1) is 11.3. The van der Waals surface area contributed by atoms with Gasteiger partial charge in [0.1, 0.15) is 11.5 Å². The van der Waals surface area contributed by atoms with Crippen LogP contribution >= 0.6 is 0 Å². The maximum absolute atomic E-state index is 13.2. The van der Waals surface area contributed by atoms with Gasteiger partial charge in [0.15, 0.2) is 0 Å². The minimum absolute atomic E-state index is 0.125. The first kappa shape index (κ1) is 16.1.